The molecule has 2 aromatic carbocycles. The zero-order valence-corrected chi connectivity index (χ0v) is 15.2. The highest BCUT2D eigenvalue weighted by Gasteiger charge is 2.42. The van der Waals surface area contributed by atoms with Crippen LogP contribution < -0.4 is 0 Å². The van der Waals surface area contributed by atoms with Crippen LogP contribution in [0, 0.1) is 0 Å². The van der Waals surface area contributed by atoms with Gasteiger partial charge in [0.15, 0.2) is 12.4 Å². The van der Waals surface area contributed by atoms with E-state index in [9.17, 15) is 9.59 Å². The zero-order chi connectivity index (χ0) is 19.2. The van der Waals surface area contributed by atoms with Crippen molar-refractivity contribution in [1.82, 2.24) is 0 Å². The van der Waals surface area contributed by atoms with Crippen molar-refractivity contribution in [3.63, 3.8) is 0 Å². The molecule has 1 fully saturated rings. The third-order valence-electron chi connectivity index (χ3n) is 4.40. The maximum atomic E-state index is 12.5. The SMILES string of the molecule is CO[C@H]1C[C@@H](OC(=O)c2ccccc2)[C@H](OC(=O)c2ccccc2)[C@H](C)O1. The molecule has 0 bridgehead atoms. The Morgan fingerprint density at radius 2 is 1.41 bits per heavy atom. The number of hydrogen-bond acceptors (Lipinski definition) is 6. The van der Waals surface area contributed by atoms with Gasteiger partial charge in [0.05, 0.1) is 17.2 Å². The molecule has 0 unspecified atom stereocenters. The van der Waals surface area contributed by atoms with Crippen molar-refractivity contribution in [1.29, 1.82) is 0 Å². The van der Waals surface area contributed by atoms with Gasteiger partial charge in [0, 0.05) is 13.5 Å². The molecule has 6 heteroatoms. The van der Waals surface area contributed by atoms with Gasteiger partial charge in [-0.3, -0.25) is 0 Å². The minimum Gasteiger partial charge on any atom is -0.455 e. The van der Waals surface area contributed by atoms with Gasteiger partial charge in [-0.1, -0.05) is 36.4 Å². The Kier molecular flexibility index (Phi) is 6.21. The highest BCUT2D eigenvalue weighted by molar-refractivity contribution is 5.90. The summed E-state index contributed by atoms with van der Waals surface area (Å²) in [4.78, 5) is 24.9. The van der Waals surface area contributed by atoms with Crippen molar-refractivity contribution in [2.24, 2.45) is 0 Å². The molecule has 3 rings (SSSR count). The molecule has 6 nitrogen and oxygen atoms in total. The van der Waals surface area contributed by atoms with Crippen LogP contribution in [0.1, 0.15) is 34.1 Å². The van der Waals surface area contributed by atoms with E-state index in [-0.39, 0.29) is 6.42 Å². The summed E-state index contributed by atoms with van der Waals surface area (Å²) in [5.74, 6) is -0.974. The summed E-state index contributed by atoms with van der Waals surface area (Å²) in [7, 11) is 1.52. The molecular formula is C21H22O6. The van der Waals surface area contributed by atoms with Gasteiger partial charge in [-0.15, -0.1) is 0 Å². The highest BCUT2D eigenvalue weighted by Crippen LogP contribution is 2.27. The third-order valence-corrected chi connectivity index (χ3v) is 4.40. The van der Waals surface area contributed by atoms with Crippen molar-refractivity contribution in [2.45, 2.75) is 37.9 Å². The van der Waals surface area contributed by atoms with Crippen LogP contribution in [-0.4, -0.2) is 43.7 Å². The molecule has 0 saturated carbocycles. The Hall–Kier alpha value is -2.70. The van der Waals surface area contributed by atoms with Crippen LogP contribution in [-0.2, 0) is 18.9 Å². The Morgan fingerprint density at radius 1 is 0.889 bits per heavy atom. The number of esters is 2. The summed E-state index contributed by atoms with van der Waals surface area (Å²) >= 11 is 0. The molecule has 1 heterocycles. The molecule has 2 aromatic rings. The molecule has 0 aromatic heterocycles. The average molecular weight is 370 g/mol. The molecule has 1 aliphatic rings. The first-order valence-corrected chi connectivity index (χ1v) is 8.79. The van der Waals surface area contributed by atoms with Gasteiger partial charge in [-0.2, -0.15) is 0 Å². The monoisotopic (exact) mass is 370 g/mol. The second kappa shape index (κ2) is 8.79. The Morgan fingerprint density at radius 3 is 1.93 bits per heavy atom. The highest BCUT2D eigenvalue weighted by atomic mass is 16.7. The van der Waals surface area contributed by atoms with Gasteiger partial charge in [-0.25, -0.2) is 9.59 Å². The Labute approximate surface area is 158 Å². The van der Waals surface area contributed by atoms with Crippen molar-refractivity contribution in [3.8, 4) is 0 Å². The summed E-state index contributed by atoms with van der Waals surface area (Å²) in [5.41, 5.74) is 0.852. The van der Waals surface area contributed by atoms with Crippen LogP contribution in [0.15, 0.2) is 60.7 Å². The van der Waals surface area contributed by atoms with Crippen LogP contribution >= 0.6 is 0 Å². The summed E-state index contributed by atoms with van der Waals surface area (Å²) in [5, 5.41) is 0. The fraction of sp³-hybridized carbons (Fsp3) is 0.333. The summed E-state index contributed by atoms with van der Waals surface area (Å²) in [6, 6.07) is 17.3. The maximum absolute atomic E-state index is 12.5. The molecule has 0 spiro atoms. The Bertz CT molecular complexity index is 761. The van der Waals surface area contributed by atoms with Crippen molar-refractivity contribution in [3.05, 3.63) is 71.8 Å². The molecule has 1 aliphatic heterocycles. The lowest BCUT2D eigenvalue weighted by atomic mass is 10.0. The molecule has 4 atom stereocenters. The van der Waals surface area contributed by atoms with E-state index in [4.69, 9.17) is 18.9 Å². The first-order chi connectivity index (χ1) is 13.1. The van der Waals surface area contributed by atoms with E-state index < -0.39 is 36.5 Å². The zero-order valence-electron chi connectivity index (χ0n) is 15.2. The second-order valence-corrected chi connectivity index (χ2v) is 6.29. The quantitative estimate of drug-likeness (QED) is 0.753. The second-order valence-electron chi connectivity index (χ2n) is 6.29. The topological polar surface area (TPSA) is 71.1 Å². The van der Waals surface area contributed by atoms with E-state index in [0.717, 1.165) is 0 Å². The molecule has 0 N–H and O–H groups in total. The first-order valence-electron chi connectivity index (χ1n) is 8.79. The van der Waals surface area contributed by atoms with E-state index in [2.05, 4.69) is 0 Å². The molecule has 0 aliphatic carbocycles. The number of hydrogen-bond donors (Lipinski definition) is 0. The van der Waals surface area contributed by atoms with Crippen LogP contribution in [0.4, 0.5) is 0 Å². The van der Waals surface area contributed by atoms with E-state index in [1.807, 2.05) is 12.1 Å². The van der Waals surface area contributed by atoms with Gasteiger partial charge < -0.3 is 18.9 Å². The van der Waals surface area contributed by atoms with Crippen molar-refractivity contribution in [2.75, 3.05) is 7.11 Å². The molecule has 142 valence electrons. The van der Waals surface area contributed by atoms with Crippen LogP contribution in [0.25, 0.3) is 0 Å². The number of rotatable bonds is 5. The van der Waals surface area contributed by atoms with E-state index in [0.29, 0.717) is 11.1 Å². The predicted octanol–water partition coefficient (Wildman–Crippen LogP) is 3.22. The lowest BCUT2D eigenvalue weighted by molar-refractivity contribution is -0.236. The minimum atomic E-state index is -0.739. The minimum absolute atomic E-state index is 0.270. The van der Waals surface area contributed by atoms with Crippen LogP contribution in [0.3, 0.4) is 0 Å². The number of benzene rings is 2. The lowest BCUT2D eigenvalue weighted by Crippen LogP contribution is -2.51. The number of carbonyl (C=O) groups is 2. The fourth-order valence-electron chi connectivity index (χ4n) is 2.98. The fourth-order valence-corrected chi connectivity index (χ4v) is 2.98. The van der Waals surface area contributed by atoms with Crippen molar-refractivity contribution >= 4 is 11.9 Å². The molecule has 1 saturated heterocycles. The predicted molar refractivity (Wildman–Crippen MR) is 97.3 cm³/mol. The van der Waals surface area contributed by atoms with Gasteiger partial charge in [-0.05, 0) is 31.2 Å². The van der Waals surface area contributed by atoms with Gasteiger partial charge in [0.25, 0.3) is 0 Å². The summed E-state index contributed by atoms with van der Waals surface area (Å²) in [6.45, 7) is 1.76. The molecule has 0 amide bonds. The summed E-state index contributed by atoms with van der Waals surface area (Å²) in [6.07, 6.45) is -2.19. The number of carbonyl (C=O) groups excluding carboxylic acids is 2. The van der Waals surface area contributed by atoms with Gasteiger partial charge >= 0.3 is 11.9 Å². The number of methoxy groups -OCH3 is 1. The molecule has 27 heavy (non-hydrogen) atoms. The smallest absolute Gasteiger partial charge is 0.338 e. The molecular weight excluding hydrogens is 348 g/mol. The third kappa shape index (κ3) is 4.72. The largest absolute Gasteiger partial charge is 0.455 e. The average Bonchev–Trinajstić information content (AvgIpc) is 2.71. The van der Waals surface area contributed by atoms with Crippen molar-refractivity contribution < 1.29 is 28.5 Å². The van der Waals surface area contributed by atoms with Gasteiger partial charge in [0.2, 0.25) is 0 Å². The number of ether oxygens (including phenoxy) is 4. The van der Waals surface area contributed by atoms with Gasteiger partial charge in [0.1, 0.15) is 6.10 Å². The van der Waals surface area contributed by atoms with E-state index in [1.165, 1.54) is 7.11 Å². The van der Waals surface area contributed by atoms with Crippen LogP contribution in [0.2, 0.25) is 0 Å². The first kappa shape index (κ1) is 19.1. The maximum Gasteiger partial charge on any atom is 0.338 e. The Balaban J connectivity index is 1.76. The van der Waals surface area contributed by atoms with E-state index >= 15 is 0 Å². The lowest BCUT2D eigenvalue weighted by Gasteiger charge is -2.38. The molecule has 0 radical (unpaired) electrons. The normalized spacial score (nSPS) is 24.8. The standard InChI is InChI=1S/C21H22O6/c1-14-19(27-21(23)16-11-7-4-8-12-16)17(13-18(24-2)25-14)26-20(22)15-9-5-3-6-10-15/h3-12,14,17-19H,13H2,1-2H3/t14-,17+,18+,19+/m0/s1. The summed E-state index contributed by atoms with van der Waals surface area (Å²) < 4.78 is 22.3. The van der Waals surface area contributed by atoms with E-state index in [1.54, 1.807) is 55.5 Å². The van der Waals surface area contributed by atoms with Crippen LogP contribution in [0.5, 0.6) is 0 Å².